The lowest BCUT2D eigenvalue weighted by Crippen LogP contribution is -2.30. The second-order valence-electron chi connectivity index (χ2n) is 5.73. The van der Waals surface area contributed by atoms with Crippen molar-refractivity contribution >= 4 is 15.9 Å². The molecule has 0 bridgehead atoms. The van der Waals surface area contributed by atoms with Crippen LogP contribution < -0.4 is 10.0 Å². The molecule has 0 aliphatic carbocycles. The maximum Gasteiger partial charge on any atom is 0.256 e. The largest absolute Gasteiger partial charge is 0.361 e. The van der Waals surface area contributed by atoms with Crippen molar-refractivity contribution in [1.82, 2.24) is 15.2 Å². The number of sulfonamides is 1. The van der Waals surface area contributed by atoms with Crippen LogP contribution in [0, 0.1) is 13.8 Å². The smallest absolute Gasteiger partial charge is 0.256 e. The van der Waals surface area contributed by atoms with Crippen molar-refractivity contribution < 1.29 is 17.7 Å². The van der Waals surface area contributed by atoms with E-state index in [2.05, 4.69) is 15.2 Å². The highest BCUT2D eigenvalue weighted by Crippen LogP contribution is 2.13. The van der Waals surface area contributed by atoms with Crippen LogP contribution in [-0.2, 0) is 16.4 Å². The summed E-state index contributed by atoms with van der Waals surface area (Å²) in [6.07, 6.45) is 1.08. The van der Waals surface area contributed by atoms with Crippen molar-refractivity contribution in [2.24, 2.45) is 0 Å². The van der Waals surface area contributed by atoms with E-state index in [1.807, 2.05) is 13.8 Å². The summed E-state index contributed by atoms with van der Waals surface area (Å²) in [6.45, 7) is 6.07. The van der Waals surface area contributed by atoms with Gasteiger partial charge in [-0.15, -0.1) is 0 Å². The Bertz CT molecular complexity index is 826. The van der Waals surface area contributed by atoms with E-state index < -0.39 is 10.0 Å². The predicted molar refractivity (Wildman–Crippen MR) is 93.9 cm³/mol. The Morgan fingerprint density at radius 3 is 2.48 bits per heavy atom. The van der Waals surface area contributed by atoms with Gasteiger partial charge in [0.15, 0.2) is 0 Å². The maximum atomic E-state index is 12.2. The fraction of sp³-hybridized carbons (Fsp3) is 0.412. The van der Waals surface area contributed by atoms with Crippen LogP contribution in [0.25, 0.3) is 0 Å². The van der Waals surface area contributed by atoms with Crippen LogP contribution in [0.4, 0.5) is 0 Å². The topological polar surface area (TPSA) is 101 Å². The molecule has 0 radical (unpaired) electrons. The Balaban J connectivity index is 1.80. The molecule has 0 aliphatic heterocycles. The summed E-state index contributed by atoms with van der Waals surface area (Å²) < 4.78 is 31.8. The number of hydrogen-bond donors (Lipinski definition) is 2. The molecule has 0 atom stereocenters. The molecule has 2 aromatic rings. The second kappa shape index (κ2) is 8.26. The molecule has 8 heteroatoms. The number of carbonyl (C=O) groups is 1. The average molecular weight is 365 g/mol. The van der Waals surface area contributed by atoms with Crippen LogP contribution in [0.1, 0.15) is 40.7 Å². The van der Waals surface area contributed by atoms with E-state index in [-0.39, 0.29) is 17.3 Å². The summed E-state index contributed by atoms with van der Waals surface area (Å²) in [5.41, 5.74) is 2.08. The summed E-state index contributed by atoms with van der Waals surface area (Å²) in [5.74, 6) is 0.228. The minimum Gasteiger partial charge on any atom is -0.361 e. The standard InChI is InChI=1S/C17H23N3O4S/c1-4-15-16(13(3)24-20-15)17(21)18-10-5-11-19-25(22,23)14-8-6-12(2)7-9-14/h6-9,19H,4-5,10-11H2,1-3H3,(H,18,21). The lowest BCUT2D eigenvalue weighted by molar-refractivity contribution is 0.0951. The third-order valence-corrected chi connectivity index (χ3v) is 5.23. The minimum atomic E-state index is -3.53. The van der Waals surface area contributed by atoms with Gasteiger partial charge in [-0.3, -0.25) is 4.79 Å². The number of rotatable bonds is 8. The molecule has 1 aromatic carbocycles. The molecule has 2 N–H and O–H groups in total. The van der Waals surface area contributed by atoms with E-state index in [9.17, 15) is 13.2 Å². The molecule has 7 nitrogen and oxygen atoms in total. The molecular formula is C17H23N3O4S. The summed E-state index contributed by atoms with van der Waals surface area (Å²) in [7, 11) is -3.53. The lowest BCUT2D eigenvalue weighted by atomic mass is 10.1. The van der Waals surface area contributed by atoms with Crippen LogP contribution in [0.2, 0.25) is 0 Å². The van der Waals surface area contributed by atoms with Crippen LogP contribution >= 0.6 is 0 Å². The van der Waals surface area contributed by atoms with Gasteiger partial charge in [-0.1, -0.05) is 29.8 Å². The van der Waals surface area contributed by atoms with Gasteiger partial charge in [0.1, 0.15) is 11.3 Å². The van der Waals surface area contributed by atoms with Crippen LogP contribution in [0.5, 0.6) is 0 Å². The molecule has 1 amide bonds. The van der Waals surface area contributed by atoms with Gasteiger partial charge >= 0.3 is 0 Å². The molecule has 1 aromatic heterocycles. The quantitative estimate of drug-likeness (QED) is 0.696. The molecule has 0 aliphatic rings. The molecule has 1 heterocycles. The SMILES string of the molecule is CCc1noc(C)c1C(=O)NCCCNS(=O)(=O)c1ccc(C)cc1. The summed E-state index contributed by atoms with van der Waals surface area (Å²) >= 11 is 0. The highest BCUT2D eigenvalue weighted by Gasteiger charge is 2.18. The van der Waals surface area contributed by atoms with Crippen molar-refractivity contribution in [1.29, 1.82) is 0 Å². The van der Waals surface area contributed by atoms with Crippen LogP contribution in [0.15, 0.2) is 33.7 Å². The third-order valence-electron chi connectivity index (χ3n) is 3.76. The number of aromatic nitrogens is 1. The van der Waals surface area contributed by atoms with Crippen molar-refractivity contribution in [3.8, 4) is 0 Å². The number of nitrogens with one attached hydrogen (secondary N) is 2. The summed E-state index contributed by atoms with van der Waals surface area (Å²) in [5, 5.41) is 6.60. The van der Waals surface area contributed by atoms with E-state index in [1.165, 1.54) is 0 Å². The minimum absolute atomic E-state index is 0.231. The molecular weight excluding hydrogens is 342 g/mol. The zero-order valence-corrected chi connectivity index (χ0v) is 15.4. The first kappa shape index (κ1) is 19.1. The van der Waals surface area contributed by atoms with Gasteiger partial charge in [0, 0.05) is 13.1 Å². The van der Waals surface area contributed by atoms with Crippen molar-refractivity contribution in [2.75, 3.05) is 13.1 Å². The third kappa shape index (κ3) is 4.90. The predicted octanol–water partition coefficient (Wildman–Crippen LogP) is 1.95. The number of carbonyl (C=O) groups excluding carboxylic acids is 1. The Kier molecular flexibility index (Phi) is 6.33. The highest BCUT2D eigenvalue weighted by molar-refractivity contribution is 7.89. The van der Waals surface area contributed by atoms with Crippen molar-refractivity contribution in [2.45, 2.75) is 38.5 Å². The Hall–Kier alpha value is -2.19. The zero-order chi connectivity index (χ0) is 18.4. The number of benzene rings is 1. The van der Waals surface area contributed by atoms with Gasteiger partial charge in [0.05, 0.1) is 10.6 Å². The summed E-state index contributed by atoms with van der Waals surface area (Å²) in [4.78, 5) is 12.4. The Morgan fingerprint density at radius 1 is 1.16 bits per heavy atom. The first-order valence-corrected chi connectivity index (χ1v) is 9.63. The molecule has 0 fully saturated rings. The second-order valence-corrected chi connectivity index (χ2v) is 7.50. The van der Waals surface area contributed by atoms with E-state index in [1.54, 1.807) is 31.2 Å². The van der Waals surface area contributed by atoms with E-state index in [4.69, 9.17) is 4.52 Å². The normalized spacial score (nSPS) is 11.5. The van der Waals surface area contributed by atoms with Crippen LogP contribution in [0.3, 0.4) is 0 Å². The first-order chi connectivity index (χ1) is 11.8. The van der Waals surface area contributed by atoms with E-state index in [0.717, 1.165) is 5.56 Å². The number of nitrogens with zero attached hydrogens (tertiary/aromatic N) is 1. The Morgan fingerprint density at radius 2 is 1.84 bits per heavy atom. The Labute approximate surface area is 147 Å². The first-order valence-electron chi connectivity index (χ1n) is 8.15. The maximum absolute atomic E-state index is 12.2. The zero-order valence-electron chi connectivity index (χ0n) is 14.6. The number of hydrogen-bond acceptors (Lipinski definition) is 5. The van der Waals surface area contributed by atoms with Gasteiger partial charge in [-0.25, -0.2) is 13.1 Å². The highest BCUT2D eigenvalue weighted by atomic mass is 32.2. The molecule has 0 unspecified atom stereocenters. The number of aryl methyl sites for hydroxylation is 3. The van der Waals surface area contributed by atoms with Gasteiger partial charge in [-0.05, 0) is 38.8 Å². The number of amides is 1. The van der Waals surface area contributed by atoms with Gasteiger partial charge in [0.25, 0.3) is 5.91 Å². The fourth-order valence-electron chi connectivity index (χ4n) is 2.34. The molecule has 2 rings (SSSR count). The average Bonchev–Trinajstić information content (AvgIpc) is 2.95. The van der Waals surface area contributed by atoms with Gasteiger partial charge < -0.3 is 9.84 Å². The monoisotopic (exact) mass is 365 g/mol. The molecule has 0 saturated heterocycles. The van der Waals surface area contributed by atoms with Gasteiger partial charge in [0.2, 0.25) is 10.0 Å². The summed E-state index contributed by atoms with van der Waals surface area (Å²) in [6, 6.07) is 6.64. The molecule has 0 spiro atoms. The van der Waals surface area contributed by atoms with Gasteiger partial charge in [-0.2, -0.15) is 0 Å². The van der Waals surface area contributed by atoms with Crippen LogP contribution in [-0.4, -0.2) is 32.6 Å². The van der Waals surface area contributed by atoms with E-state index in [0.29, 0.717) is 36.4 Å². The van der Waals surface area contributed by atoms with Crippen molar-refractivity contribution in [3.05, 3.63) is 46.8 Å². The lowest BCUT2D eigenvalue weighted by Gasteiger charge is -2.08. The fourth-order valence-corrected chi connectivity index (χ4v) is 3.41. The molecule has 136 valence electrons. The van der Waals surface area contributed by atoms with E-state index >= 15 is 0 Å². The molecule has 25 heavy (non-hydrogen) atoms. The molecule has 0 saturated carbocycles. The van der Waals surface area contributed by atoms with Crippen molar-refractivity contribution in [3.63, 3.8) is 0 Å².